The molecule has 0 aliphatic carbocycles. The average molecular weight is 406 g/mol. The largest absolute Gasteiger partial charge is 0.378 e. The molecule has 30 heavy (non-hydrogen) atoms. The number of rotatable bonds is 5. The SMILES string of the molecule is O=C(CCc1ccccc1)N1CC[C@@H](c2nc3ccc(N4CCOCC4)cn3n2)C1. The molecule has 2 aromatic heterocycles. The Bertz CT molecular complexity index is 1010. The number of likely N-dealkylation sites (tertiary alicyclic amines) is 1. The minimum atomic E-state index is 0.206. The smallest absolute Gasteiger partial charge is 0.222 e. The molecule has 2 fully saturated rings. The minimum absolute atomic E-state index is 0.206. The van der Waals surface area contributed by atoms with Gasteiger partial charge in [-0.3, -0.25) is 4.79 Å². The maximum absolute atomic E-state index is 12.7. The van der Waals surface area contributed by atoms with Gasteiger partial charge in [-0.1, -0.05) is 30.3 Å². The van der Waals surface area contributed by atoms with Crippen molar-refractivity contribution in [2.75, 3.05) is 44.3 Å². The van der Waals surface area contributed by atoms with Crippen LogP contribution in [0, 0.1) is 0 Å². The van der Waals surface area contributed by atoms with E-state index in [0.29, 0.717) is 13.0 Å². The van der Waals surface area contributed by atoms with E-state index in [1.54, 1.807) is 0 Å². The number of pyridine rings is 1. The summed E-state index contributed by atoms with van der Waals surface area (Å²) in [5.74, 6) is 1.27. The molecule has 1 amide bonds. The number of amides is 1. The zero-order valence-corrected chi connectivity index (χ0v) is 17.1. The van der Waals surface area contributed by atoms with E-state index in [4.69, 9.17) is 14.8 Å². The van der Waals surface area contributed by atoms with Crippen molar-refractivity contribution in [3.05, 3.63) is 60.0 Å². The molecule has 0 unspecified atom stereocenters. The first kappa shape index (κ1) is 19.1. The number of fused-ring (bicyclic) bond motifs is 1. The summed E-state index contributed by atoms with van der Waals surface area (Å²) in [6, 6.07) is 14.3. The summed E-state index contributed by atoms with van der Waals surface area (Å²) in [5, 5.41) is 4.75. The fraction of sp³-hybridized carbons (Fsp3) is 0.435. The molecular formula is C23H27N5O2. The molecule has 2 aliphatic rings. The number of hydrogen-bond acceptors (Lipinski definition) is 5. The van der Waals surface area contributed by atoms with Crippen molar-refractivity contribution in [1.29, 1.82) is 0 Å². The highest BCUT2D eigenvalue weighted by atomic mass is 16.5. The molecule has 1 aromatic carbocycles. The van der Waals surface area contributed by atoms with Crippen LogP contribution in [0.1, 0.15) is 30.1 Å². The van der Waals surface area contributed by atoms with Crippen molar-refractivity contribution in [2.45, 2.75) is 25.2 Å². The average Bonchev–Trinajstić information content (AvgIpc) is 3.45. The molecule has 3 aromatic rings. The number of benzene rings is 1. The first-order valence-corrected chi connectivity index (χ1v) is 10.8. The molecule has 4 heterocycles. The third-order valence-corrected chi connectivity index (χ3v) is 6.08. The predicted octanol–water partition coefficient (Wildman–Crippen LogP) is 2.51. The van der Waals surface area contributed by atoms with Crippen LogP contribution >= 0.6 is 0 Å². The van der Waals surface area contributed by atoms with E-state index in [1.807, 2.05) is 33.7 Å². The van der Waals surface area contributed by atoms with Crippen molar-refractivity contribution >= 4 is 17.2 Å². The number of morpholine rings is 1. The van der Waals surface area contributed by atoms with Gasteiger partial charge in [0, 0.05) is 38.5 Å². The van der Waals surface area contributed by atoms with E-state index in [2.05, 4.69) is 29.3 Å². The van der Waals surface area contributed by atoms with Gasteiger partial charge in [0.2, 0.25) is 5.91 Å². The molecule has 5 rings (SSSR count). The second-order valence-electron chi connectivity index (χ2n) is 8.07. The number of carbonyl (C=O) groups is 1. The lowest BCUT2D eigenvalue weighted by Gasteiger charge is -2.28. The molecule has 2 saturated heterocycles. The molecule has 0 radical (unpaired) electrons. The topological polar surface area (TPSA) is 63.0 Å². The molecule has 156 valence electrons. The lowest BCUT2D eigenvalue weighted by molar-refractivity contribution is -0.130. The van der Waals surface area contributed by atoms with Crippen LogP contribution in [0.4, 0.5) is 5.69 Å². The zero-order valence-electron chi connectivity index (χ0n) is 17.1. The van der Waals surface area contributed by atoms with Crippen molar-refractivity contribution in [3.8, 4) is 0 Å². The fourth-order valence-corrected chi connectivity index (χ4v) is 4.32. The molecular weight excluding hydrogens is 378 g/mol. The zero-order chi connectivity index (χ0) is 20.3. The number of carbonyl (C=O) groups excluding carboxylic acids is 1. The number of nitrogens with zero attached hydrogens (tertiary/aromatic N) is 5. The van der Waals surface area contributed by atoms with Crippen LogP contribution in [-0.2, 0) is 16.0 Å². The summed E-state index contributed by atoms with van der Waals surface area (Å²) < 4.78 is 7.32. The van der Waals surface area contributed by atoms with Crippen LogP contribution < -0.4 is 4.90 Å². The molecule has 0 spiro atoms. The highest BCUT2D eigenvalue weighted by Crippen LogP contribution is 2.26. The molecule has 0 saturated carbocycles. The molecule has 2 aliphatic heterocycles. The highest BCUT2D eigenvalue weighted by Gasteiger charge is 2.29. The number of aromatic nitrogens is 3. The normalized spacial score (nSPS) is 19.5. The van der Waals surface area contributed by atoms with Crippen molar-refractivity contribution in [2.24, 2.45) is 0 Å². The molecule has 0 N–H and O–H groups in total. The second kappa shape index (κ2) is 8.44. The first-order valence-electron chi connectivity index (χ1n) is 10.8. The maximum Gasteiger partial charge on any atom is 0.222 e. The van der Waals surface area contributed by atoms with E-state index >= 15 is 0 Å². The summed E-state index contributed by atoms with van der Waals surface area (Å²) in [4.78, 5) is 21.7. The van der Waals surface area contributed by atoms with Crippen LogP contribution in [0.15, 0.2) is 48.7 Å². The van der Waals surface area contributed by atoms with Gasteiger partial charge in [0.1, 0.15) is 0 Å². The van der Waals surface area contributed by atoms with Gasteiger partial charge in [0.05, 0.1) is 25.1 Å². The van der Waals surface area contributed by atoms with Gasteiger partial charge in [-0.05, 0) is 30.5 Å². The summed E-state index contributed by atoms with van der Waals surface area (Å²) in [5.41, 5.74) is 3.21. The van der Waals surface area contributed by atoms with Gasteiger partial charge in [-0.2, -0.15) is 5.10 Å². The molecule has 7 nitrogen and oxygen atoms in total. The Kier molecular flexibility index (Phi) is 5.36. The van der Waals surface area contributed by atoms with Gasteiger partial charge in [0.25, 0.3) is 0 Å². The predicted molar refractivity (Wildman–Crippen MR) is 115 cm³/mol. The Hall–Kier alpha value is -2.93. The van der Waals surface area contributed by atoms with Crippen LogP contribution in [0.3, 0.4) is 0 Å². The first-order chi connectivity index (χ1) is 14.8. The van der Waals surface area contributed by atoms with E-state index in [1.165, 1.54) is 5.56 Å². The Labute approximate surface area is 176 Å². The lowest BCUT2D eigenvalue weighted by Crippen LogP contribution is -2.36. The minimum Gasteiger partial charge on any atom is -0.378 e. The van der Waals surface area contributed by atoms with Gasteiger partial charge in [-0.15, -0.1) is 0 Å². The van der Waals surface area contributed by atoms with Gasteiger partial charge in [0.15, 0.2) is 11.5 Å². The Morgan fingerprint density at radius 3 is 2.73 bits per heavy atom. The maximum atomic E-state index is 12.7. The summed E-state index contributed by atoms with van der Waals surface area (Å²) in [6.07, 6.45) is 4.31. The summed E-state index contributed by atoms with van der Waals surface area (Å²) in [6.45, 7) is 4.81. The Morgan fingerprint density at radius 1 is 1.07 bits per heavy atom. The fourth-order valence-electron chi connectivity index (χ4n) is 4.32. The number of ether oxygens (including phenoxy) is 1. The molecule has 1 atom stereocenters. The third kappa shape index (κ3) is 4.03. The highest BCUT2D eigenvalue weighted by molar-refractivity contribution is 5.76. The van der Waals surface area contributed by atoms with Crippen LogP contribution in [-0.4, -0.2) is 64.8 Å². The summed E-state index contributed by atoms with van der Waals surface area (Å²) >= 11 is 0. The third-order valence-electron chi connectivity index (χ3n) is 6.08. The number of anilines is 1. The van der Waals surface area contributed by atoms with E-state index in [-0.39, 0.29) is 11.8 Å². The Balaban J connectivity index is 1.23. The van der Waals surface area contributed by atoms with Crippen molar-refractivity contribution in [1.82, 2.24) is 19.5 Å². The Morgan fingerprint density at radius 2 is 1.90 bits per heavy atom. The van der Waals surface area contributed by atoms with Crippen LogP contribution in [0.2, 0.25) is 0 Å². The second-order valence-corrected chi connectivity index (χ2v) is 8.07. The standard InChI is InChI=1S/C23H27N5O2/c29-22(9-6-18-4-2-1-3-5-18)27-11-10-19(16-27)23-24-21-8-7-20(17-28(21)25-23)26-12-14-30-15-13-26/h1-5,7-8,17,19H,6,9-16H2/t19-/m1/s1. The van der Waals surface area contributed by atoms with Crippen molar-refractivity contribution in [3.63, 3.8) is 0 Å². The van der Waals surface area contributed by atoms with E-state index in [0.717, 1.165) is 62.8 Å². The lowest BCUT2D eigenvalue weighted by atomic mass is 10.1. The van der Waals surface area contributed by atoms with E-state index in [9.17, 15) is 4.79 Å². The quantitative estimate of drug-likeness (QED) is 0.653. The monoisotopic (exact) mass is 405 g/mol. The van der Waals surface area contributed by atoms with Gasteiger partial charge < -0.3 is 14.5 Å². The van der Waals surface area contributed by atoms with Crippen LogP contribution in [0.5, 0.6) is 0 Å². The van der Waals surface area contributed by atoms with Crippen LogP contribution in [0.25, 0.3) is 5.65 Å². The van der Waals surface area contributed by atoms with Crippen molar-refractivity contribution < 1.29 is 9.53 Å². The molecule has 7 heteroatoms. The van der Waals surface area contributed by atoms with Gasteiger partial charge >= 0.3 is 0 Å². The number of hydrogen-bond donors (Lipinski definition) is 0. The molecule has 0 bridgehead atoms. The van der Waals surface area contributed by atoms with Gasteiger partial charge in [-0.25, -0.2) is 9.50 Å². The number of aryl methyl sites for hydroxylation is 1. The van der Waals surface area contributed by atoms with E-state index < -0.39 is 0 Å². The summed E-state index contributed by atoms with van der Waals surface area (Å²) in [7, 11) is 0.